The van der Waals surface area contributed by atoms with Crippen molar-refractivity contribution in [3.05, 3.63) is 53.6 Å². The van der Waals surface area contributed by atoms with Crippen LogP contribution in [0.5, 0.6) is 11.5 Å². The molecule has 1 fully saturated rings. The predicted octanol–water partition coefficient (Wildman–Crippen LogP) is 1.81. The van der Waals surface area contributed by atoms with Gasteiger partial charge in [-0.3, -0.25) is 4.79 Å². The summed E-state index contributed by atoms with van der Waals surface area (Å²) in [6.45, 7) is 1.99. The molecule has 1 heterocycles. The number of carbonyl (C=O) groups is 1. The first-order valence-electron chi connectivity index (χ1n) is 10.1. The third-order valence-corrected chi connectivity index (χ3v) is 5.63. The van der Waals surface area contributed by atoms with Crippen molar-refractivity contribution in [3.8, 4) is 11.5 Å². The summed E-state index contributed by atoms with van der Waals surface area (Å²) >= 11 is 0. The maximum Gasteiger partial charge on any atom is 0.275 e. The number of likely N-dealkylation sites (tertiary alicyclic amines) is 1. The summed E-state index contributed by atoms with van der Waals surface area (Å²) in [6, 6.07) is 14.4. The lowest BCUT2D eigenvalue weighted by atomic mass is 10.0. The number of carbonyl (C=O) groups excluding carboxylic acids is 1. The number of anilines is 1. The highest BCUT2D eigenvalue weighted by Crippen LogP contribution is 2.31. The summed E-state index contributed by atoms with van der Waals surface area (Å²) in [7, 11) is 7.39. The Bertz CT molecular complexity index is 821. The summed E-state index contributed by atoms with van der Waals surface area (Å²) in [6.07, 6.45) is 2.14. The van der Waals surface area contributed by atoms with Crippen molar-refractivity contribution in [1.29, 1.82) is 0 Å². The van der Waals surface area contributed by atoms with Crippen molar-refractivity contribution >= 4 is 11.6 Å². The minimum Gasteiger partial charge on any atom is -0.497 e. The highest BCUT2D eigenvalue weighted by molar-refractivity contribution is 5.76. The van der Waals surface area contributed by atoms with Gasteiger partial charge in [0.05, 0.1) is 26.3 Å². The van der Waals surface area contributed by atoms with E-state index in [0.717, 1.165) is 47.7 Å². The zero-order chi connectivity index (χ0) is 20.8. The Morgan fingerprint density at radius 1 is 1.14 bits per heavy atom. The van der Waals surface area contributed by atoms with E-state index in [1.54, 1.807) is 14.2 Å². The zero-order valence-electron chi connectivity index (χ0n) is 17.8. The number of ether oxygens (including phenoxy) is 2. The number of hydrogen-bond acceptors (Lipinski definition) is 4. The van der Waals surface area contributed by atoms with Gasteiger partial charge >= 0.3 is 0 Å². The van der Waals surface area contributed by atoms with Crippen molar-refractivity contribution in [3.63, 3.8) is 0 Å². The molecule has 0 aliphatic carbocycles. The van der Waals surface area contributed by atoms with Gasteiger partial charge in [0.25, 0.3) is 5.91 Å². The van der Waals surface area contributed by atoms with E-state index in [1.165, 1.54) is 4.90 Å². The number of rotatable bonds is 8. The predicted molar refractivity (Wildman–Crippen MR) is 115 cm³/mol. The van der Waals surface area contributed by atoms with Gasteiger partial charge in [-0.15, -0.1) is 0 Å². The molecule has 0 bridgehead atoms. The minimum atomic E-state index is 0.0745. The van der Waals surface area contributed by atoms with Crippen molar-refractivity contribution < 1.29 is 19.2 Å². The Labute approximate surface area is 173 Å². The van der Waals surface area contributed by atoms with Crippen LogP contribution in [0.3, 0.4) is 0 Å². The van der Waals surface area contributed by atoms with Gasteiger partial charge in [0.2, 0.25) is 0 Å². The summed E-state index contributed by atoms with van der Waals surface area (Å²) < 4.78 is 11.0. The van der Waals surface area contributed by atoms with Crippen LogP contribution in [0.25, 0.3) is 0 Å². The average Bonchev–Trinajstić information content (AvgIpc) is 3.19. The van der Waals surface area contributed by atoms with Crippen LogP contribution in [-0.2, 0) is 11.3 Å². The molecule has 1 aliphatic heterocycles. The molecular formula is C23H32N3O3+. The summed E-state index contributed by atoms with van der Waals surface area (Å²) in [5.74, 6) is 1.75. The average molecular weight is 399 g/mol. The lowest BCUT2D eigenvalue weighted by Gasteiger charge is -2.23. The second-order valence-corrected chi connectivity index (χ2v) is 7.73. The molecule has 1 unspecified atom stereocenters. The van der Waals surface area contributed by atoms with Crippen LogP contribution in [0.2, 0.25) is 0 Å². The maximum absolute atomic E-state index is 12.6. The fourth-order valence-corrected chi connectivity index (χ4v) is 3.99. The molecule has 0 aromatic heterocycles. The zero-order valence-corrected chi connectivity index (χ0v) is 17.8. The Balaban J connectivity index is 1.61. The largest absolute Gasteiger partial charge is 0.497 e. The van der Waals surface area contributed by atoms with E-state index >= 15 is 0 Å². The van der Waals surface area contributed by atoms with Crippen LogP contribution in [0, 0.1) is 0 Å². The molecular weight excluding hydrogens is 366 g/mol. The van der Waals surface area contributed by atoms with Gasteiger partial charge in [-0.25, -0.2) is 0 Å². The molecule has 1 saturated heterocycles. The minimum absolute atomic E-state index is 0.0745. The van der Waals surface area contributed by atoms with E-state index < -0.39 is 0 Å². The van der Waals surface area contributed by atoms with Crippen LogP contribution in [0.1, 0.15) is 30.0 Å². The van der Waals surface area contributed by atoms with E-state index in [1.807, 2.05) is 32.3 Å². The van der Waals surface area contributed by atoms with Gasteiger partial charge in [0, 0.05) is 39.2 Å². The van der Waals surface area contributed by atoms with Gasteiger partial charge in [0.1, 0.15) is 17.5 Å². The topological polar surface area (TPSA) is 55.2 Å². The molecule has 156 valence electrons. The van der Waals surface area contributed by atoms with Crippen LogP contribution in [-0.4, -0.2) is 47.3 Å². The van der Waals surface area contributed by atoms with Crippen molar-refractivity contribution in [2.24, 2.45) is 0 Å². The fourth-order valence-electron chi connectivity index (χ4n) is 3.99. The van der Waals surface area contributed by atoms with Gasteiger partial charge in [-0.1, -0.05) is 12.1 Å². The SMILES string of the molecule is COc1ccc(OC)c([C@H]2CCC[NH+]2CC(=O)NCc2ccc(N(C)C)cc2)c1. The lowest BCUT2D eigenvalue weighted by Crippen LogP contribution is -3.11. The number of amides is 1. The van der Waals surface area contributed by atoms with Gasteiger partial charge in [-0.2, -0.15) is 0 Å². The molecule has 6 heteroatoms. The van der Waals surface area contributed by atoms with E-state index in [2.05, 4.69) is 34.5 Å². The van der Waals surface area contributed by atoms with Gasteiger partial charge in [-0.05, 0) is 35.9 Å². The fraction of sp³-hybridized carbons (Fsp3) is 0.435. The first-order valence-corrected chi connectivity index (χ1v) is 10.1. The molecule has 1 aliphatic rings. The Hall–Kier alpha value is -2.73. The molecule has 2 N–H and O–H groups in total. The molecule has 2 aromatic rings. The molecule has 2 atom stereocenters. The summed E-state index contributed by atoms with van der Waals surface area (Å²) in [5.41, 5.74) is 3.37. The van der Waals surface area contributed by atoms with Crippen LogP contribution < -0.4 is 24.6 Å². The molecule has 2 aromatic carbocycles. The van der Waals surface area contributed by atoms with E-state index in [-0.39, 0.29) is 11.9 Å². The van der Waals surface area contributed by atoms with Gasteiger partial charge < -0.3 is 24.6 Å². The number of quaternary nitrogens is 1. The Kier molecular flexibility index (Phi) is 6.99. The second-order valence-electron chi connectivity index (χ2n) is 7.73. The number of hydrogen-bond donors (Lipinski definition) is 2. The van der Waals surface area contributed by atoms with Crippen LogP contribution >= 0.6 is 0 Å². The molecule has 6 nitrogen and oxygen atoms in total. The third kappa shape index (κ3) is 5.21. The van der Waals surface area contributed by atoms with Crippen LogP contribution in [0.4, 0.5) is 5.69 Å². The van der Waals surface area contributed by atoms with Crippen molar-refractivity contribution in [1.82, 2.24) is 5.32 Å². The monoisotopic (exact) mass is 398 g/mol. The quantitative estimate of drug-likeness (QED) is 0.712. The molecule has 3 rings (SSSR count). The summed E-state index contributed by atoms with van der Waals surface area (Å²) in [5, 5.41) is 3.07. The first kappa shape index (κ1) is 21.0. The van der Waals surface area contributed by atoms with Crippen molar-refractivity contribution in [2.45, 2.75) is 25.4 Å². The van der Waals surface area contributed by atoms with Gasteiger partial charge in [0.15, 0.2) is 6.54 Å². The van der Waals surface area contributed by atoms with E-state index in [0.29, 0.717) is 13.1 Å². The molecule has 29 heavy (non-hydrogen) atoms. The number of benzene rings is 2. The molecule has 0 radical (unpaired) electrons. The van der Waals surface area contributed by atoms with E-state index in [9.17, 15) is 4.79 Å². The molecule has 1 amide bonds. The number of methoxy groups -OCH3 is 2. The Morgan fingerprint density at radius 2 is 1.90 bits per heavy atom. The van der Waals surface area contributed by atoms with E-state index in [4.69, 9.17) is 9.47 Å². The normalized spacial score (nSPS) is 18.3. The smallest absolute Gasteiger partial charge is 0.275 e. The van der Waals surface area contributed by atoms with Crippen LogP contribution in [0.15, 0.2) is 42.5 Å². The third-order valence-electron chi connectivity index (χ3n) is 5.63. The highest BCUT2D eigenvalue weighted by Gasteiger charge is 2.33. The Morgan fingerprint density at radius 3 is 2.55 bits per heavy atom. The molecule has 0 saturated carbocycles. The number of nitrogens with one attached hydrogen (secondary N) is 2. The second kappa shape index (κ2) is 9.65. The highest BCUT2D eigenvalue weighted by atomic mass is 16.5. The number of nitrogens with zero attached hydrogens (tertiary/aromatic N) is 1. The summed E-state index contributed by atoms with van der Waals surface area (Å²) in [4.78, 5) is 15.9. The lowest BCUT2D eigenvalue weighted by molar-refractivity contribution is -0.910. The standard InChI is InChI=1S/C23H31N3O3/c1-25(2)18-9-7-17(8-10-18)15-24-23(27)16-26-13-5-6-21(26)20-14-19(28-3)11-12-22(20)29-4/h7-12,14,21H,5-6,13,15-16H2,1-4H3,(H,24,27)/p+1/t21-/m1/s1. The first-order chi connectivity index (χ1) is 14.0. The molecule has 0 spiro atoms. The van der Waals surface area contributed by atoms with Crippen molar-refractivity contribution in [2.75, 3.05) is 46.3 Å². The maximum atomic E-state index is 12.6.